The summed E-state index contributed by atoms with van der Waals surface area (Å²) in [5.41, 5.74) is -0.379. The Morgan fingerprint density at radius 1 is 1.19 bits per heavy atom. The number of likely N-dealkylation sites (tertiary alicyclic amines) is 1. The molecule has 1 heterocycles. The minimum atomic E-state index is -1.10. The van der Waals surface area contributed by atoms with E-state index >= 15 is 0 Å². The quantitative estimate of drug-likeness (QED) is 0.437. The van der Waals surface area contributed by atoms with Crippen LogP contribution in [0.5, 0.6) is 5.75 Å². The van der Waals surface area contributed by atoms with Crippen LogP contribution < -0.4 is 4.74 Å². The van der Waals surface area contributed by atoms with Crippen molar-refractivity contribution in [2.24, 2.45) is 5.41 Å². The highest BCUT2D eigenvalue weighted by Crippen LogP contribution is 2.24. The maximum absolute atomic E-state index is 12.8. The molecule has 1 aliphatic heterocycles. The van der Waals surface area contributed by atoms with Gasteiger partial charge in [-0.1, -0.05) is 26.0 Å². The molecule has 1 N–H and O–H groups in total. The van der Waals surface area contributed by atoms with Crippen LogP contribution in [0.2, 0.25) is 0 Å². The molecule has 1 amide bonds. The summed E-state index contributed by atoms with van der Waals surface area (Å²) >= 11 is 0. The molecule has 9 heteroatoms. The van der Waals surface area contributed by atoms with Crippen LogP contribution in [0.15, 0.2) is 24.3 Å². The van der Waals surface area contributed by atoms with Crippen molar-refractivity contribution in [3.63, 3.8) is 0 Å². The number of rotatable bonds is 10. The molecule has 0 bridgehead atoms. The van der Waals surface area contributed by atoms with E-state index in [1.165, 1.54) is 12.0 Å². The first-order chi connectivity index (χ1) is 14.7. The van der Waals surface area contributed by atoms with Crippen molar-refractivity contribution in [2.45, 2.75) is 45.8 Å². The number of hydrogen-bond acceptors (Lipinski definition) is 7. The molecule has 170 valence electrons. The largest absolute Gasteiger partial charge is 0.482 e. The number of ketones is 1. The van der Waals surface area contributed by atoms with Crippen LogP contribution in [-0.4, -0.2) is 66.5 Å². The van der Waals surface area contributed by atoms with Gasteiger partial charge in [0, 0.05) is 13.7 Å². The van der Waals surface area contributed by atoms with Crippen molar-refractivity contribution in [3.8, 4) is 5.75 Å². The number of aliphatic carboxylic acids is 1. The molecule has 0 aliphatic carbocycles. The summed E-state index contributed by atoms with van der Waals surface area (Å²) < 4.78 is 15.6. The Morgan fingerprint density at radius 3 is 2.61 bits per heavy atom. The molecule has 0 aromatic heterocycles. The van der Waals surface area contributed by atoms with Crippen molar-refractivity contribution >= 4 is 23.6 Å². The summed E-state index contributed by atoms with van der Waals surface area (Å²) in [6.45, 7) is 3.13. The topological polar surface area (TPSA) is 119 Å². The van der Waals surface area contributed by atoms with E-state index in [1.54, 1.807) is 38.1 Å². The third kappa shape index (κ3) is 6.78. The third-order valence-corrected chi connectivity index (χ3v) is 4.99. The van der Waals surface area contributed by atoms with Crippen LogP contribution in [0.3, 0.4) is 0 Å². The molecule has 1 aromatic carbocycles. The Kier molecular flexibility index (Phi) is 8.56. The highest BCUT2D eigenvalue weighted by molar-refractivity contribution is 6.38. The molecule has 2 rings (SSSR count). The molecule has 9 nitrogen and oxygen atoms in total. The molecule has 1 unspecified atom stereocenters. The van der Waals surface area contributed by atoms with Gasteiger partial charge >= 0.3 is 11.9 Å². The molecule has 0 saturated carbocycles. The normalized spacial score (nSPS) is 16.5. The van der Waals surface area contributed by atoms with Gasteiger partial charge < -0.3 is 24.2 Å². The van der Waals surface area contributed by atoms with Crippen LogP contribution in [0.1, 0.15) is 38.7 Å². The average Bonchev–Trinajstić information content (AvgIpc) is 2.75. The fourth-order valence-electron chi connectivity index (χ4n) is 3.39. The number of nitrogens with zero attached hydrogens (tertiary/aromatic N) is 1. The minimum absolute atomic E-state index is 0.0647. The van der Waals surface area contributed by atoms with Crippen molar-refractivity contribution in [2.75, 3.05) is 26.9 Å². The fraction of sp³-hybridized carbons (Fsp3) is 0.545. The molecule has 31 heavy (non-hydrogen) atoms. The van der Waals surface area contributed by atoms with E-state index in [4.69, 9.17) is 19.3 Å². The zero-order valence-corrected chi connectivity index (χ0v) is 18.1. The number of carbonyl (C=O) groups is 4. The maximum Gasteiger partial charge on any atom is 0.341 e. The minimum Gasteiger partial charge on any atom is -0.482 e. The van der Waals surface area contributed by atoms with Gasteiger partial charge in [-0.2, -0.15) is 0 Å². The number of benzene rings is 1. The standard InChI is InChI=1S/C22H29NO8/c1-22(2,14-29-3)19(26)20(27)23-10-5-4-9-17(23)21(28)31-12-15-7-6-8-16(11-15)30-13-18(24)25/h6-8,11,17H,4-5,9-10,12-14H2,1-3H3,(H,24,25). The first-order valence-electron chi connectivity index (χ1n) is 10.1. The molecule has 1 aliphatic rings. The van der Waals surface area contributed by atoms with Gasteiger partial charge in [0.25, 0.3) is 5.91 Å². The van der Waals surface area contributed by atoms with Crippen LogP contribution in [0.4, 0.5) is 0 Å². The lowest BCUT2D eigenvalue weighted by atomic mass is 9.87. The molecular formula is C22H29NO8. The number of carboxylic acid groups (broad SMARTS) is 1. The van der Waals surface area contributed by atoms with Gasteiger partial charge in [-0.25, -0.2) is 9.59 Å². The lowest BCUT2D eigenvalue weighted by molar-refractivity contribution is -0.162. The predicted molar refractivity (Wildman–Crippen MR) is 109 cm³/mol. The first-order valence-corrected chi connectivity index (χ1v) is 10.1. The molecule has 1 saturated heterocycles. The summed E-state index contributed by atoms with van der Waals surface area (Å²) in [5, 5.41) is 8.70. The van der Waals surface area contributed by atoms with Crippen LogP contribution in [0.25, 0.3) is 0 Å². The maximum atomic E-state index is 12.8. The SMILES string of the molecule is COCC(C)(C)C(=O)C(=O)N1CCCCC1C(=O)OCc1cccc(OCC(=O)O)c1. The van der Waals surface area contributed by atoms with Gasteiger partial charge in [-0.3, -0.25) is 9.59 Å². The van der Waals surface area contributed by atoms with Crippen molar-refractivity contribution < 1.29 is 38.5 Å². The molecule has 1 aromatic rings. The summed E-state index contributed by atoms with van der Waals surface area (Å²) in [6.07, 6.45) is 1.87. The number of carbonyl (C=O) groups excluding carboxylic acids is 3. The number of carboxylic acids is 1. The van der Waals surface area contributed by atoms with E-state index in [9.17, 15) is 19.2 Å². The zero-order chi connectivity index (χ0) is 23.0. The number of Topliss-reactive ketones (excluding diaryl/α,β-unsaturated/α-hetero) is 1. The molecular weight excluding hydrogens is 406 g/mol. The van der Waals surface area contributed by atoms with Crippen molar-refractivity contribution in [1.29, 1.82) is 0 Å². The van der Waals surface area contributed by atoms with Gasteiger partial charge in [-0.15, -0.1) is 0 Å². The molecule has 1 atom stereocenters. The number of hydrogen-bond donors (Lipinski definition) is 1. The van der Waals surface area contributed by atoms with Gasteiger partial charge in [0.2, 0.25) is 5.78 Å². The summed E-state index contributed by atoms with van der Waals surface area (Å²) in [6, 6.07) is 5.73. The summed E-state index contributed by atoms with van der Waals surface area (Å²) in [7, 11) is 1.46. The molecule has 1 fully saturated rings. The Bertz CT molecular complexity index is 819. The van der Waals surface area contributed by atoms with E-state index in [-0.39, 0.29) is 13.2 Å². The van der Waals surface area contributed by atoms with Crippen molar-refractivity contribution in [3.05, 3.63) is 29.8 Å². The van der Waals surface area contributed by atoms with E-state index in [1.807, 2.05) is 0 Å². The van der Waals surface area contributed by atoms with E-state index in [0.717, 1.165) is 6.42 Å². The number of amides is 1. The highest BCUT2D eigenvalue weighted by Gasteiger charge is 2.41. The predicted octanol–water partition coefficient (Wildman–Crippen LogP) is 1.82. The number of piperidine rings is 1. The monoisotopic (exact) mass is 435 g/mol. The van der Waals surface area contributed by atoms with Gasteiger partial charge in [0.05, 0.1) is 12.0 Å². The van der Waals surface area contributed by atoms with Gasteiger partial charge in [0.1, 0.15) is 18.4 Å². The van der Waals surface area contributed by atoms with E-state index < -0.39 is 41.7 Å². The van der Waals surface area contributed by atoms with Gasteiger partial charge in [-0.05, 0) is 37.0 Å². The number of methoxy groups -OCH3 is 1. The smallest absolute Gasteiger partial charge is 0.341 e. The second kappa shape index (κ2) is 10.9. The number of ether oxygens (including phenoxy) is 3. The zero-order valence-electron chi connectivity index (χ0n) is 18.1. The average molecular weight is 435 g/mol. The second-order valence-corrected chi connectivity index (χ2v) is 8.09. The second-order valence-electron chi connectivity index (χ2n) is 8.09. The number of esters is 1. The van der Waals surface area contributed by atoms with Gasteiger partial charge in [0.15, 0.2) is 6.61 Å². The highest BCUT2D eigenvalue weighted by atomic mass is 16.5. The van der Waals surface area contributed by atoms with Crippen LogP contribution in [-0.2, 0) is 35.3 Å². The fourth-order valence-corrected chi connectivity index (χ4v) is 3.39. The Balaban J connectivity index is 2.02. The Hall–Kier alpha value is -2.94. The lowest BCUT2D eigenvalue weighted by Gasteiger charge is -2.35. The molecule has 0 spiro atoms. The third-order valence-electron chi connectivity index (χ3n) is 4.99. The summed E-state index contributed by atoms with van der Waals surface area (Å²) in [4.78, 5) is 50.1. The van der Waals surface area contributed by atoms with E-state index in [0.29, 0.717) is 30.7 Å². The lowest BCUT2D eigenvalue weighted by Crippen LogP contribution is -2.53. The van der Waals surface area contributed by atoms with Crippen LogP contribution in [0, 0.1) is 5.41 Å². The van der Waals surface area contributed by atoms with Crippen LogP contribution >= 0.6 is 0 Å². The van der Waals surface area contributed by atoms with Crippen molar-refractivity contribution in [1.82, 2.24) is 4.90 Å². The Morgan fingerprint density at radius 2 is 1.94 bits per heavy atom. The van der Waals surface area contributed by atoms with E-state index in [2.05, 4.69) is 0 Å². The first kappa shape index (κ1) is 24.3. The molecule has 0 radical (unpaired) electrons. The Labute approximate surface area is 181 Å². The summed E-state index contributed by atoms with van der Waals surface area (Å²) in [5.74, 6) is -2.63.